The number of hydrogen-bond donors (Lipinski definition) is 2. The lowest BCUT2D eigenvalue weighted by molar-refractivity contribution is 0.0691. The molecule has 3 N–H and O–H groups in total. The Bertz CT molecular complexity index is 324. The monoisotopic (exact) mass is 202 g/mol. The lowest BCUT2D eigenvalue weighted by Crippen LogP contribution is -2.01. The average molecular weight is 202 g/mol. The van der Waals surface area contributed by atoms with E-state index in [1.165, 1.54) is 7.11 Å². The highest BCUT2D eigenvalue weighted by molar-refractivity contribution is 7.16. The molecule has 0 saturated heterocycles. The summed E-state index contributed by atoms with van der Waals surface area (Å²) in [6, 6.07) is 0. The molecule has 0 radical (unpaired) electrons. The van der Waals surface area contributed by atoms with Gasteiger partial charge in [-0.2, -0.15) is 0 Å². The first kappa shape index (κ1) is 9.94. The highest BCUT2D eigenvalue weighted by Crippen LogP contribution is 2.27. The van der Waals surface area contributed by atoms with E-state index in [0.717, 1.165) is 11.3 Å². The van der Waals surface area contributed by atoms with Crippen LogP contribution in [-0.2, 0) is 4.74 Å². The van der Waals surface area contributed by atoms with E-state index in [-0.39, 0.29) is 16.8 Å². The largest absolute Gasteiger partial charge is 0.476 e. The lowest BCUT2D eigenvalue weighted by Gasteiger charge is -2.02. The third-order valence-electron chi connectivity index (χ3n) is 1.57. The number of anilines is 1. The normalized spacial score (nSPS) is 12.8. The summed E-state index contributed by atoms with van der Waals surface area (Å²) < 4.78 is 4.98. The van der Waals surface area contributed by atoms with Crippen LogP contribution in [0.4, 0.5) is 5.00 Å². The van der Waals surface area contributed by atoms with E-state index in [1.807, 2.05) is 0 Å². The fourth-order valence-corrected chi connectivity index (χ4v) is 1.63. The molecule has 1 atom stereocenters. The molecule has 0 saturated carbocycles. The van der Waals surface area contributed by atoms with Crippen molar-refractivity contribution in [2.24, 2.45) is 0 Å². The Morgan fingerprint density at radius 2 is 2.38 bits per heavy atom. The quantitative estimate of drug-likeness (QED) is 0.767. The number of aromatic nitrogens is 1. The first-order valence-electron chi connectivity index (χ1n) is 3.58. The molecule has 5 nitrogen and oxygen atoms in total. The molecule has 6 heteroatoms. The van der Waals surface area contributed by atoms with Gasteiger partial charge in [-0.1, -0.05) is 11.3 Å². The first-order valence-corrected chi connectivity index (χ1v) is 4.40. The minimum Gasteiger partial charge on any atom is -0.476 e. The summed E-state index contributed by atoms with van der Waals surface area (Å²) in [5, 5.41) is 9.45. The molecule has 1 aromatic rings. The number of nitrogens with zero attached hydrogens (tertiary/aromatic N) is 1. The highest BCUT2D eigenvalue weighted by atomic mass is 32.1. The number of carbonyl (C=O) groups is 1. The van der Waals surface area contributed by atoms with Gasteiger partial charge in [0.2, 0.25) is 0 Å². The molecule has 0 fully saturated rings. The molecule has 1 heterocycles. The molecule has 0 spiro atoms. The predicted molar refractivity (Wildman–Crippen MR) is 48.9 cm³/mol. The molecule has 1 rings (SSSR count). The molecule has 1 aromatic heterocycles. The summed E-state index contributed by atoms with van der Waals surface area (Å²) in [6.45, 7) is 1.78. The van der Waals surface area contributed by atoms with E-state index in [9.17, 15) is 4.79 Å². The van der Waals surface area contributed by atoms with Crippen molar-refractivity contribution in [1.82, 2.24) is 4.98 Å². The summed E-state index contributed by atoms with van der Waals surface area (Å²) >= 11 is 1.14. The van der Waals surface area contributed by atoms with Crippen LogP contribution in [0.3, 0.4) is 0 Å². The van der Waals surface area contributed by atoms with Gasteiger partial charge in [0.1, 0.15) is 16.1 Å². The fourth-order valence-electron chi connectivity index (χ4n) is 0.777. The van der Waals surface area contributed by atoms with Crippen molar-refractivity contribution in [1.29, 1.82) is 0 Å². The predicted octanol–water partition coefficient (Wildman–Crippen LogP) is 1.13. The van der Waals surface area contributed by atoms with Crippen molar-refractivity contribution in [2.75, 3.05) is 12.8 Å². The smallest absolute Gasteiger partial charge is 0.357 e. The summed E-state index contributed by atoms with van der Waals surface area (Å²) in [5.41, 5.74) is 5.36. The minimum atomic E-state index is -1.11. The zero-order valence-electron chi connectivity index (χ0n) is 7.27. The van der Waals surface area contributed by atoms with Gasteiger partial charge in [0.25, 0.3) is 0 Å². The van der Waals surface area contributed by atoms with Gasteiger partial charge in [-0.05, 0) is 6.92 Å². The Morgan fingerprint density at radius 1 is 1.77 bits per heavy atom. The number of carboxylic acids is 1. The van der Waals surface area contributed by atoms with Crippen LogP contribution >= 0.6 is 11.3 Å². The Kier molecular flexibility index (Phi) is 2.84. The van der Waals surface area contributed by atoms with E-state index in [0.29, 0.717) is 5.01 Å². The Labute approximate surface area is 79.2 Å². The fraction of sp³-hybridized carbons (Fsp3) is 0.429. The van der Waals surface area contributed by atoms with Crippen LogP contribution in [0, 0.1) is 0 Å². The number of carboxylic acid groups (broad SMARTS) is 1. The van der Waals surface area contributed by atoms with Crippen molar-refractivity contribution in [2.45, 2.75) is 13.0 Å². The van der Waals surface area contributed by atoms with Gasteiger partial charge < -0.3 is 15.6 Å². The second kappa shape index (κ2) is 3.71. The van der Waals surface area contributed by atoms with Gasteiger partial charge >= 0.3 is 5.97 Å². The van der Waals surface area contributed by atoms with Crippen LogP contribution in [0.1, 0.15) is 28.5 Å². The number of nitrogens with two attached hydrogens (primary N) is 1. The summed E-state index contributed by atoms with van der Waals surface area (Å²) in [6.07, 6.45) is -0.222. The SMILES string of the molecule is COC(C)c1nc(C(=O)O)c(N)s1. The number of hydrogen-bond acceptors (Lipinski definition) is 5. The molecule has 0 bridgehead atoms. The summed E-state index contributed by atoms with van der Waals surface area (Å²) in [7, 11) is 1.53. The van der Waals surface area contributed by atoms with Crippen molar-refractivity contribution in [3.8, 4) is 0 Å². The van der Waals surface area contributed by atoms with Crippen molar-refractivity contribution < 1.29 is 14.6 Å². The molecule has 13 heavy (non-hydrogen) atoms. The third-order valence-corrected chi connectivity index (χ3v) is 2.62. The molecular weight excluding hydrogens is 192 g/mol. The van der Waals surface area contributed by atoms with Gasteiger partial charge in [-0.15, -0.1) is 0 Å². The van der Waals surface area contributed by atoms with Crippen LogP contribution in [-0.4, -0.2) is 23.2 Å². The molecule has 0 amide bonds. The maximum atomic E-state index is 10.6. The van der Waals surface area contributed by atoms with E-state index in [1.54, 1.807) is 6.92 Å². The Balaban J connectivity index is 3.01. The van der Waals surface area contributed by atoms with Crippen molar-refractivity contribution >= 4 is 22.3 Å². The van der Waals surface area contributed by atoms with Crippen LogP contribution in [0.2, 0.25) is 0 Å². The lowest BCUT2D eigenvalue weighted by atomic mass is 10.4. The van der Waals surface area contributed by atoms with Gasteiger partial charge in [-0.3, -0.25) is 0 Å². The summed E-state index contributed by atoms with van der Waals surface area (Å²) in [5.74, 6) is -1.11. The first-order chi connectivity index (χ1) is 6.06. The van der Waals surface area contributed by atoms with Crippen LogP contribution in [0.25, 0.3) is 0 Å². The van der Waals surface area contributed by atoms with Gasteiger partial charge in [0.15, 0.2) is 5.69 Å². The van der Waals surface area contributed by atoms with Gasteiger partial charge in [-0.25, -0.2) is 9.78 Å². The van der Waals surface area contributed by atoms with Gasteiger partial charge in [0.05, 0.1) is 0 Å². The van der Waals surface area contributed by atoms with E-state index >= 15 is 0 Å². The second-order valence-electron chi connectivity index (χ2n) is 2.45. The van der Waals surface area contributed by atoms with Crippen LogP contribution in [0.15, 0.2) is 0 Å². The highest BCUT2D eigenvalue weighted by Gasteiger charge is 2.17. The van der Waals surface area contributed by atoms with Crippen molar-refractivity contribution in [3.05, 3.63) is 10.7 Å². The Morgan fingerprint density at radius 3 is 2.77 bits per heavy atom. The number of aromatic carboxylic acids is 1. The van der Waals surface area contributed by atoms with E-state index in [2.05, 4.69) is 4.98 Å². The zero-order chi connectivity index (χ0) is 10.0. The third kappa shape index (κ3) is 1.96. The number of methoxy groups -OCH3 is 1. The maximum Gasteiger partial charge on any atom is 0.357 e. The molecule has 0 aliphatic rings. The molecular formula is C7H10N2O3S. The minimum absolute atomic E-state index is 0.0936. The van der Waals surface area contributed by atoms with Crippen LogP contribution < -0.4 is 5.73 Å². The molecule has 0 aromatic carbocycles. The zero-order valence-corrected chi connectivity index (χ0v) is 8.09. The summed E-state index contributed by atoms with van der Waals surface area (Å²) in [4.78, 5) is 14.4. The van der Waals surface area contributed by atoms with E-state index in [4.69, 9.17) is 15.6 Å². The Hall–Kier alpha value is -1.14. The molecule has 1 unspecified atom stereocenters. The van der Waals surface area contributed by atoms with Crippen LogP contribution in [0.5, 0.6) is 0 Å². The van der Waals surface area contributed by atoms with Crippen molar-refractivity contribution in [3.63, 3.8) is 0 Å². The number of nitrogen functional groups attached to an aromatic ring is 1. The second-order valence-corrected chi connectivity index (χ2v) is 3.51. The topological polar surface area (TPSA) is 85.4 Å². The van der Waals surface area contributed by atoms with E-state index < -0.39 is 5.97 Å². The number of ether oxygens (including phenoxy) is 1. The molecule has 0 aliphatic heterocycles. The standard InChI is InChI=1S/C7H10N2O3S/c1-3(12-2)6-9-4(7(10)11)5(8)13-6/h3H,8H2,1-2H3,(H,10,11). The number of thiazole rings is 1. The molecule has 0 aliphatic carbocycles. The number of rotatable bonds is 3. The maximum absolute atomic E-state index is 10.6. The van der Waals surface area contributed by atoms with Gasteiger partial charge in [0, 0.05) is 7.11 Å². The molecule has 72 valence electrons. The average Bonchev–Trinajstić information content (AvgIpc) is 2.46.